The van der Waals surface area contributed by atoms with Gasteiger partial charge in [-0.3, -0.25) is 9.59 Å². The summed E-state index contributed by atoms with van der Waals surface area (Å²) in [4.78, 5) is 23.0. The third-order valence-corrected chi connectivity index (χ3v) is 2.47. The maximum Gasteiger partial charge on any atom is 0.325 e. The Bertz CT molecular complexity index is 571. The number of carbonyl (C=O) groups is 2. The summed E-state index contributed by atoms with van der Waals surface area (Å²) in [6.45, 7) is 3.81. The van der Waals surface area contributed by atoms with Gasteiger partial charge in [-0.25, -0.2) is 0 Å². The largest absolute Gasteiger partial charge is 0.465 e. The van der Waals surface area contributed by atoms with Crippen LogP contribution in [0.1, 0.15) is 12.5 Å². The Hall–Kier alpha value is -2.81. The van der Waals surface area contributed by atoms with Gasteiger partial charge in [-0.1, -0.05) is 17.7 Å². The molecule has 21 heavy (non-hydrogen) atoms. The molecule has 0 aliphatic carbocycles. The van der Waals surface area contributed by atoms with Crippen LogP contribution in [0.5, 0.6) is 0 Å². The van der Waals surface area contributed by atoms with Gasteiger partial charge in [0.05, 0.1) is 6.61 Å². The van der Waals surface area contributed by atoms with Gasteiger partial charge >= 0.3 is 5.97 Å². The number of rotatable bonds is 6. The molecule has 0 spiro atoms. The first-order valence-electron chi connectivity index (χ1n) is 6.44. The van der Waals surface area contributed by atoms with Crippen molar-refractivity contribution in [2.24, 2.45) is 0 Å². The minimum atomic E-state index is -0.544. The normalized spacial score (nSPS) is 10.4. The number of aryl methyl sites for hydroxylation is 1. The number of carbonyl (C=O) groups excluding carboxylic acids is 2. The number of hydrogen-bond acceptors (Lipinski definition) is 5. The number of esters is 1. The number of ether oxygens (including phenoxy) is 1. The summed E-state index contributed by atoms with van der Waals surface area (Å²) in [5.74, 6) is -0.998. The Morgan fingerprint density at radius 1 is 1.33 bits per heavy atom. The molecular formula is C15H17N3O3. The number of benzene rings is 1. The van der Waals surface area contributed by atoms with Crippen LogP contribution >= 0.6 is 0 Å². The van der Waals surface area contributed by atoms with Crippen LogP contribution in [0.25, 0.3) is 0 Å². The van der Waals surface area contributed by atoms with Crippen LogP contribution in [0.3, 0.4) is 0 Å². The molecule has 1 amide bonds. The predicted molar refractivity (Wildman–Crippen MR) is 78.1 cm³/mol. The molecule has 0 aliphatic heterocycles. The topological polar surface area (TPSA) is 91.2 Å². The lowest BCUT2D eigenvalue weighted by Crippen LogP contribution is -2.22. The van der Waals surface area contributed by atoms with Gasteiger partial charge in [-0.15, -0.1) is 0 Å². The number of nitriles is 1. The van der Waals surface area contributed by atoms with Gasteiger partial charge in [-0.2, -0.15) is 5.26 Å². The van der Waals surface area contributed by atoms with Gasteiger partial charge in [0.1, 0.15) is 18.2 Å². The van der Waals surface area contributed by atoms with Crippen LogP contribution in [0.2, 0.25) is 0 Å². The summed E-state index contributed by atoms with van der Waals surface area (Å²) in [5.41, 5.74) is 1.54. The van der Waals surface area contributed by atoms with Crippen LogP contribution in [0.4, 0.5) is 5.69 Å². The van der Waals surface area contributed by atoms with Crippen molar-refractivity contribution in [3.63, 3.8) is 0 Å². The van der Waals surface area contributed by atoms with Crippen LogP contribution in [0.15, 0.2) is 36.0 Å². The number of anilines is 1. The molecule has 1 aromatic rings. The van der Waals surface area contributed by atoms with Gasteiger partial charge in [-0.05, 0) is 26.0 Å². The lowest BCUT2D eigenvalue weighted by atomic mass is 10.2. The molecule has 6 nitrogen and oxygen atoms in total. The van der Waals surface area contributed by atoms with Gasteiger partial charge < -0.3 is 15.4 Å². The minimum absolute atomic E-state index is 0.100. The first kappa shape index (κ1) is 16.2. The van der Waals surface area contributed by atoms with Gasteiger partial charge in [0.15, 0.2) is 0 Å². The van der Waals surface area contributed by atoms with E-state index < -0.39 is 11.9 Å². The highest BCUT2D eigenvalue weighted by Gasteiger charge is 2.09. The first-order valence-corrected chi connectivity index (χ1v) is 6.44. The average molecular weight is 287 g/mol. The molecule has 0 bridgehead atoms. The van der Waals surface area contributed by atoms with Crippen LogP contribution in [-0.2, 0) is 14.3 Å². The monoisotopic (exact) mass is 287 g/mol. The van der Waals surface area contributed by atoms with Gasteiger partial charge in [0.25, 0.3) is 5.91 Å². The molecule has 2 N–H and O–H groups in total. The highest BCUT2D eigenvalue weighted by molar-refractivity contribution is 6.06. The predicted octanol–water partition coefficient (Wildman–Crippen LogP) is 1.49. The molecule has 0 aliphatic rings. The second-order valence-corrected chi connectivity index (χ2v) is 4.18. The molecule has 0 atom stereocenters. The number of hydrogen-bond donors (Lipinski definition) is 2. The van der Waals surface area contributed by atoms with Crippen molar-refractivity contribution in [3.8, 4) is 6.07 Å². The van der Waals surface area contributed by atoms with E-state index in [-0.39, 0.29) is 18.7 Å². The standard InChI is InChI=1S/C15H17N3O3/c1-3-21-14(19)10-17-9-12(8-16)15(20)18-13-6-4-11(2)5-7-13/h4-7,9,17H,3,10H2,1-2H3,(H,18,20)/b12-9-. The molecule has 1 aromatic carbocycles. The number of nitrogens with zero attached hydrogens (tertiary/aromatic N) is 1. The highest BCUT2D eigenvalue weighted by atomic mass is 16.5. The van der Waals surface area contributed by atoms with Crippen molar-refractivity contribution < 1.29 is 14.3 Å². The maximum absolute atomic E-state index is 11.9. The Balaban J connectivity index is 2.58. The number of nitrogens with one attached hydrogen (secondary N) is 2. The van der Waals surface area contributed by atoms with E-state index in [0.717, 1.165) is 5.56 Å². The summed E-state index contributed by atoms with van der Waals surface area (Å²) in [6, 6.07) is 8.97. The van der Waals surface area contributed by atoms with Crippen LogP contribution in [-0.4, -0.2) is 25.0 Å². The molecule has 0 heterocycles. The second-order valence-electron chi connectivity index (χ2n) is 4.18. The molecule has 6 heteroatoms. The lowest BCUT2D eigenvalue weighted by molar-refractivity contribution is -0.141. The Labute approximate surface area is 123 Å². The molecule has 0 radical (unpaired) electrons. The first-order chi connectivity index (χ1) is 10.1. The fourth-order valence-corrected chi connectivity index (χ4v) is 1.43. The molecule has 1 rings (SSSR count). The van der Waals surface area contributed by atoms with E-state index >= 15 is 0 Å². The zero-order chi connectivity index (χ0) is 15.7. The van der Waals surface area contributed by atoms with E-state index in [1.165, 1.54) is 6.20 Å². The SMILES string of the molecule is CCOC(=O)CN/C=C(/C#N)C(=O)Nc1ccc(C)cc1. The maximum atomic E-state index is 11.9. The van der Waals surface area contributed by atoms with Crippen molar-refractivity contribution in [2.45, 2.75) is 13.8 Å². The zero-order valence-electron chi connectivity index (χ0n) is 12.0. The van der Waals surface area contributed by atoms with Crippen LogP contribution in [0, 0.1) is 18.3 Å². The third kappa shape index (κ3) is 5.78. The summed E-state index contributed by atoms with van der Waals surface area (Å²) >= 11 is 0. The fourth-order valence-electron chi connectivity index (χ4n) is 1.43. The average Bonchev–Trinajstić information content (AvgIpc) is 2.46. The highest BCUT2D eigenvalue weighted by Crippen LogP contribution is 2.09. The smallest absolute Gasteiger partial charge is 0.325 e. The Morgan fingerprint density at radius 3 is 2.57 bits per heavy atom. The van der Waals surface area contributed by atoms with E-state index in [0.29, 0.717) is 5.69 Å². The quantitative estimate of drug-likeness (QED) is 0.470. The van der Waals surface area contributed by atoms with Crippen molar-refractivity contribution in [1.82, 2.24) is 5.32 Å². The van der Waals surface area contributed by atoms with Crippen LogP contribution < -0.4 is 10.6 Å². The molecule has 0 fully saturated rings. The summed E-state index contributed by atoms with van der Waals surface area (Å²) in [6.07, 6.45) is 1.19. The van der Waals surface area contributed by atoms with Gasteiger partial charge in [0, 0.05) is 11.9 Å². The number of amides is 1. The summed E-state index contributed by atoms with van der Waals surface area (Å²) < 4.78 is 4.71. The second kappa shape index (κ2) is 8.38. The van der Waals surface area contributed by atoms with E-state index in [9.17, 15) is 9.59 Å². The van der Waals surface area contributed by atoms with Crippen molar-refractivity contribution in [1.29, 1.82) is 5.26 Å². The Morgan fingerprint density at radius 2 is 2.00 bits per heavy atom. The summed E-state index contributed by atoms with van der Waals surface area (Å²) in [5, 5.41) is 14.1. The zero-order valence-corrected chi connectivity index (χ0v) is 12.0. The van der Waals surface area contributed by atoms with Crippen molar-refractivity contribution in [3.05, 3.63) is 41.6 Å². The Kier molecular flexibility index (Phi) is 6.48. The molecule has 110 valence electrons. The molecule has 0 saturated carbocycles. The van der Waals surface area contributed by atoms with Crippen molar-refractivity contribution >= 4 is 17.6 Å². The molecular weight excluding hydrogens is 270 g/mol. The minimum Gasteiger partial charge on any atom is -0.465 e. The van der Waals surface area contributed by atoms with E-state index in [2.05, 4.69) is 10.6 Å². The van der Waals surface area contributed by atoms with E-state index in [1.54, 1.807) is 25.1 Å². The molecule has 0 saturated heterocycles. The lowest BCUT2D eigenvalue weighted by Gasteiger charge is -2.05. The van der Waals surface area contributed by atoms with E-state index in [1.807, 2.05) is 19.1 Å². The molecule has 0 unspecified atom stereocenters. The molecule has 0 aromatic heterocycles. The third-order valence-electron chi connectivity index (χ3n) is 2.47. The van der Waals surface area contributed by atoms with E-state index in [4.69, 9.17) is 10.00 Å². The fraction of sp³-hybridized carbons (Fsp3) is 0.267. The summed E-state index contributed by atoms with van der Waals surface area (Å²) in [7, 11) is 0. The van der Waals surface area contributed by atoms with Crippen molar-refractivity contribution in [2.75, 3.05) is 18.5 Å². The van der Waals surface area contributed by atoms with Gasteiger partial charge in [0.2, 0.25) is 0 Å².